The summed E-state index contributed by atoms with van der Waals surface area (Å²) in [4.78, 5) is 31.7. The fourth-order valence-corrected chi connectivity index (χ4v) is 4.92. The van der Waals surface area contributed by atoms with Gasteiger partial charge in [-0.05, 0) is 24.3 Å². The highest BCUT2D eigenvalue weighted by Crippen LogP contribution is 2.33. The Hall–Kier alpha value is -1.85. The fraction of sp³-hybridized carbons (Fsp3) is 0.529. The molecule has 8 heteroatoms. The zero-order valence-corrected chi connectivity index (χ0v) is 16.0. The van der Waals surface area contributed by atoms with E-state index >= 15 is 0 Å². The van der Waals surface area contributed by atoms with Crippen molar-refractivity contribution >= 4 is 39.2 Å². The van der Waals surface area contributed by atoms with Crippen LogP contribution in [-0.4, -0.2) is 38.7 Å². The van der Waals surface area contributed by atoms with Gasteiger partial charge in [0, 0.05) is 14.1 Å². The normalized spacial score (nSPS) is 16.5. The van der Waals surface area contributed by atoms with E-state index in [9.17, 15) is 14.9 Å². The number of hydrogen-bond acceptors (Lipinski definition) is 6. The smallest absolute Gasteiger partial charge is 0.262 e. The first-order chi connectivity index (χ1) is 12.0. The number of carbonyl (C=O) groups is 1. The minimum atomic E-state index is -0.688. The lowest BCUT2D eigenvalue weighted by Crippen LogP contribution is -2.50. The van der Waals surface area contributed by atoms with Gasteiger partial charge in [-0.15, -0.1) is 11.3 Å². The van der Waals surface area contributed by atoms with Crippen molar-refractivity contribution in [3.05, 3.63) is 21.8 Å². The Labute approximate surface area is 154 Å². The molecule has 0 unspecified atom stereocenters. The highest BCUT2D eigenvalue weighted by atomic mass is 32.2. The molecule has 1 fully saturated rings. The third-order valence-electron chi connectivity index (χ3n) is 4.89. The van der Waals surface area contributed by atoms with Crippen molar-refractivity contribution in [1.82, 2.24) is 14.5 Å². The summed E-state index contributed by atoms with van der Waals surface area (Å²) in [5, 5.41) is 12.6. The van der Waals surface area contributed by atoms with Crippen molar-refractivity contribution in [2.75, 3.05) is 12.8 Å². The largest absolute Gasteiger partial charge is 0.326 e. The van der Waals surface area contributed by atoms with Crippen LogP contribution in [0.1, 0.15) is 32.1 Å². The molecule has 0 aromatic carbocycles. The molecule has 2 heterocycles. The number of nitrogens with zero attached hydrogens (tertiary/aromatic N) is 4. The predicted octanol–water partition coefficient (Wildman–Crippen LogP) is 2.77. The first kappa shape index (κ1) is 18.0. The van der Waals surface area contributed by atoms with Crippen LogP contribution in [0.15, 0.2) is 21.4 Å². The molecule has 25 heavy (non-hydrogen) atoms. The van der Waals surface area contributed by atoms with Gasteiger partial charge in [-0.3, -0.25) is 14.2 Å². The molecule has 0 spiro atoms. The molecule has 2 aromatic heterocycles. The monoisotopic (exact) mass is 376 g/mol. The Kier molecular flexibility index (Phi) is 5.16. The zero-order chi connectivity index (χ0) is 18.0. The molecular formula is C17H20N4O2S2. The van der Waals surface area contributed by atoms with Crippen LogP contribution in [0.5, 0.6) is 0 Å². The number of aromatic nitrogens is 2. The van der Waals surface area contributed by atoms with E-state index in [1.54, 1.807) is 25.1 Å². The molecule has 1 aliphatic carbocycles. The lowest BCUT2D eigenvalue weighted by Gasteiger charge is -2.39. The number of thiophene rings is 1. The molecular weight excluding hydrogens is 356 g/mol. The third-order valence-corrected chi connectivity index (χ3v) is 6.71. The van der Waals surface area contributed by atoms with Crippen LogP contribution in [0.4, 0.5) is 0 Å². The van der Waals surface area contributed by atoms with Crippen molar-refractivity contribution in [3.63, 3.8) is 0 Å². The van der Waals surface area contributed by atoms with E-state index < -0.39 is 5.54 Å². The first-order valence-electron chi connectivity index (χ1n) is 8.23. The van der Waals surface area contributed by atoms with Crippen molar-refractivity contribution in [1.29, 1.82) is 5.26 Å². The van der Waals surface area contributed by atoms with Gasteiger partial charge in [-0.2, -0.15) is 5.26 Å². The molecule has 1 aliphatic rings. The van der Waals surface area contributed by atoms with Gasteiger partial charge in [0.15, 0.2) is 5.16 Å². The molecule has 0 aliphatic heterocycles. The highest BCUT2D eigenvalue weighted by Gasteiger charge is 2.38. The number of rotatable bonds is 4. The Bertz CT molecular complexity index is 890. The molecule has 2 aromatic rings. The molecule has 0 bridgehead atoms. The Morgan fingerprint density at radius 3 is 2.88 bits per heavy atom. The molecule has 6 nitrogen and oxygen atoms in total. The zero-order valence-electron chi connectivity index (χ0n) is 14.3. The highest BCUT2D eigenvalue weighted by molar-refractivity contribution is 7.99. The van der Waals surface area contributed by atoms with Gasteiger partial charge in [0.25, 0.3) is 5.56 Å². The quantitative estimate of drug-likeness (QED) is 0.605. The standard InChI is InChI=1S/C17H20N4O2S2/c1-20-15(23)12-6-9-24-14(12)19-16(20)25-10-13(22)21(2)17(11-18)7-4-3-5-8-17/h6,9H,3-5,7-8,10H2,1-2H3. The van der Waals surface area contributed by atoms with E-state index in [2.05, 4.69) is 11.1 Å². The van der Waals surface area contributed by atoms with Gasteiger partial charge >= 0.3 is 0 Å². The summed E-state index contributed by atoms with van der Waals surface area (Å²) in [7, 11) is 3.38. The molecule has 0 saturated heterocycles. The van der Waals surface area contributed by atoms with E-state index in [1.807, 2.05) is 5.38 Å². The average molecular weight is 377 g/mol. The fourth-order valence-electron chi connectivity index (χ4n) is 3.23. The maximum Gasteiger partial charge on any atom is 0.262 e. The van der Waals surface area contributed by atoms with Gasteiger partial charge in [-0.25, -0.2) is 4.98 Å². The summed E-state index contributed by atoms with van der Waals surface area (Å²) < 4.78 is 1.48. The van der Waals surface area contributed by atoms with E-state index in [1.165, 1.54) is 27.7 Å². The van der Waals surface area contributed by atoms with Gasteiger partial charge in [0.2, 0.25) is 5.91 Å². The van der Waals surface area contributed by atoms with Gasteiger partial charge in [0.05, 0.1) is 17.2 Å². The summed E-state index contributed by atoms with van der Waals surface area (Å²) in [6.45, 7) is 0. The maximum atomic E-state index is 12.6. The Morgan fingerprint density at radius 2 is 2.20 bits per heavy atom. The third kappa shape index (κ3) is 3.31. The summed E-state index contributed by atoms with van der Waals surface area (Å²) >= 11 is 2.66. The number of fused-ring (bicyclic) bond motifs is 1. The predicted molar refractivity (Wildman–Crippen MR) is 99.8 cm³/mol. The number of hydrogen-bond donors (Lipinski definition) is 0. The minimum absolute atomic E-state index is 0.102. The van der Waals surface area contributed by atoms with Gasteiger partial charge in [-0.1, -0.05) is 31.0 Å². The summed E-state index contributed by atoms with van der Waals surface area (Å²) in [6.07, 6.45) is 4.53. The van der Waals surface area contributed by atoms with E-state index in [0.29, 0.717) is 15.4 Å². The van der Waals surface area contributed by atoms with E-state index in [-0.39, 0.29) is 17.2 Å². The molecule has 0 radical (unpaired) electrons. The summed E-state index contributed by atoms with van der Waals surface area (Å²) in [5.41, 5.74) is -0.789. The van der Waals surface area contributed by atoms with Crippen molar-refractivity contribution < 1.29 is 4.79 Å². The first-order valence-corrected chi connectivity index (χ1v) is 10.1. The molecule has 0 atom stereocenters. The molecule has 3 rings (SSSR count). The number of carbonyl (C=O) groups excluding carboxylic acids is 1. The average Bonchev–Trinajstić information content (AvgIpc) is 3.11. The van der Waals surface area contributed by atoms with Crippen LogP contribution >= 0.6 is 23.1 Å². The van der Waals surface area contributed by atoms with Crippen LogP contribution in [0, 0.1) is 11.3 Å². The SMILES string of the molecule is CN(C(=O)CSc1nc2sccc2c(=O)n1C)C1(C#N)CCCCC1. The topological polar surface area (TPSA) is 79.0 Å². The molecule has 132 valence electrons. The van der Waals surface area contributed by atoms with Crippen LogP contribution in [0.25, 0.3) is 10.2 Å². The lowest BCUT2D eigenvalue weighted by atomic mass is 9.81. The minimum Gasteiger partial charge on any atom is -0.326 e. The second-order valence-corrected chi connectivity index (χ2v) is 8.18. The van der Waals surface area contributed by atoms with Crippen molar-refractivity contribution in [2.24, 2.45) is 7.05 Å². The molecule has 1 amide bonds. The van der Waals surface area contributed by atoms with Crippen LogP contribution < -0.4 is 5.56 Å². The number of thioether (sulfide) groups is 1. The van der Waals surface area contributed by atoms with Crippen LogP contribution in [0.3, 0.4) is 0 Å². The second-order valence-electron chi connectivity index (χ2n) is 6.34. The Morgan fingerprint density at radius 1 is 1.48 bits per heavy atom. The Balaban J connectivity index is 1.75. The van der Waals surface area contributed by atoms with E-state index in [0.717, 1.165) is 32.1 Å². The van der Waals surface area contributed by atoms with Crippen LogP contribution in [-0.2, 0) is 11.8 Å². The van der Waals surface area contributed by atoms with E-state index in [4.69, 9.17) is 0 Å². The van der Waals surface area contributed by atoms with Gasteiger partial charge in [0.1, 0.15) is 10.4 Å². The second kappa shape index (κ2) is 7.18. The number of nitriles is 1. The number of amides is 1. The van der Waals surface area contributed by atoms with Crippen molar-refractivity contribution in [2.45, 2.75) is 42.8 Å². The molecule has 0 N–H and O–H groups in total. The van der Waals surface area contributed by atoms with Gasteiger partial charge < -0.3 is 4.90 Å². The van der Waals surface area contributed by atoms with Crippen molar-refractivity contribution in [3.8, 4) is 6.07 Å². The maximum absolute atomic E-state index is 12.6. The van der Waals surface area contributed by atoms with Crippen LogP contribution in [0.2, 0.25) is 0 Å². The molecule has 1 saturated carbocycles. The summed E-state index contributed by atoms with van der Waals surface area (Å²) in [6, 6.07) is 4.13. The summed E-state index contributed by atoms with van der Waals surface area (Å²) in [5.74, 6) is 0.0610. The lowest BCUT2D eigenvalue weighted by molar-refractivity contribution is -0.131.